The molecule has 2 aliphatic heterocycles. The Hall–Kier alpha value is -3.63. The van der Waals surface area contributed by atoms with Gasteiger partial charge in [-0.3, -0.25) is 0 Å². The number of aromatic nitrogens is 2. The number of carbonyl (C=O) groups excluding carboxylic acids is 2. The molecule has 1 unspecified atom stereocenters. The molecule has 1 N–H and O–H groups in total. The minimum Gasteiger partial charge on any atom is -0.474 e. The van der Waals surface area contributed by atoms with E-state index in [9.17, 15) is 14.0 Å². The van der Waals surface area contributed by atoms with Gasteiger partial charge in [0.15, 0.2) is 11.6 Å². The van der Waals surface area contributed by atoms with Crippen LogP contribution < -0.4 is 14.8 Å². The molecule has 1 aromatic carbocycles. The number of alkyl carbamates (subject to hydrolysis) is 1. The fourth-order valence-corrected chi connectivity index (χ4v) is 3.72. The number of cyclic esters (lactones) is 1. The van der Waals surface area contributed by atoms with Crippen LogP contribution in [0.5, 0.6) is 17.5 Å². The highest BCUT2D eigenvalue weighted by atomic mass is 19.1. The lowest BCUT2D eigenvalue weighted by molar-refractivity contribution is 0.0505. The predicted octanol–water partition coefficient (Wildman–Crippen LogP) is 3.89. The molecule has 0 spiro atoms. The lowest BCUT2D eigenvalue weighted by Gasteiger charge is -2.31. The van der Waals surface area contributed by atoms with Crippen molar-refractivity contribution < 1.29 is 32.9 Å². The summed E-state index contributed by atoms with van der Waals surface area (Å²) in [6.07, 6.45) is 1.40. The molecule has 2 saturated heterocycles. The third-order valence-electron chi connectivity index (χ3n) is 5.54. The highest BCUT2D eigenvalue weighted by Gasteiger charge is 2.27. The van der Waals surface area contributed by atoms with Gasteiger partial charge in [0.1, 0.15) is 19.0 Å². The Morgan fingerprint density at radius 1 is 1.24 bits per heavy atom. The molecule has 0 aliphatic carbocycles. The van der Waals surface area contributed by atoms with Crippen LogP contribution in [-0.2, 0) is 9.47 Å². The van der Waals surface area contributed by atoms with Crippen LogP contribution in [-0.4, -0.2) is 59.0 Å². The van der Waals surface area contributed by atoms with Crippen LogP contribution in [0.4, 0.5) is 14.0 Å². The zero-order valence-corrected chi connectivity index (χ0v) is 19.2. The number of amides is 2. The minimum absolute atomic E-state index is 0.0151. The average molecular weight is 474 g/mol. The van der Waals surface area contributed by atoms with Gasteiger partial charge in [0.05, 0.1) is 17.7 Å². The maximum atomic E-state index is 14.7. The Morgan fingerprint density at radius 2 is 1.97 bits per heavy atom. The summed E-state index contributed by atoms with van der Waals surface area (Å²) in [5.41, 5.74) is 1.10. The van der Waals surface area contributed by atoms with E-state index in [4.69, 9.17) is 18.9 Å². The number of hydrogen-bond acceptors (Lipinski definition) is 8. The molecule has 0 saturated carbocycles. The topological polar surface area (TPSA) is 112 Å². The standard InChI is InChI=1S/C23H27FN4O6/c1-13(2)32-23(30)28-8-6-16(7-9-28)33-20-14(3)21(26-12-25-20)34-19-5-4-15(10-17(19)24)18-11-31-22(29)27-18/h4-5,10,12-13,16,18H,6-9,11H2,1-3H3,(H,27,29). The number of rotatable bonds is 6. The molecule has 182 valence electrons. The van der Waals surface area contributed by atoms with E-state index >= 15 is 0 Å². The summed E-state index contributed by atoms with van der Waals surface area (Å²) in [6, 6.07) is 4.02. The lowest BCUT2D eigenvalue weighted by Crippen LogP contribution is -2.42. The zero-order valence-electron chi connectivity index (χ0n) is 19.2. The number of benzene rings is 1. The highest BCUT2D eigenvalue weighted by Crippen LogP contribution is 2.32. The van der Waals surface area contributed by atoms with E-state index in [-0.39, 0.29) is 36.5 Å². The van der Waals surface area contributed by atoms with Gasteiger partial charge in [0, 0.05) is 25.9 Å². The van der Waals surface area contributed by atoms with Crippen LogP contribution in [0.2, 0.25) is 0 Å². The molecule has 3 heterocycles. The molecule has 4 rings (SSSR count). The van der Waals surface area contributed by atoms with E-state index in [2.05, 4.69) is 15.3 Å². The number of ether oxygens (including phenoxy) is 4. The first-order chi connectivity index (χ1) is 16.3. The Kier molecular flexibility index (Phi) is 6.99. The summed E-state index contributed by atoms with van der Waals surface area (Å²) in [7, 11) is 0. The molecule has 0 radical (unpaired) electrons. The third-order valence-corrected chi connectivity index (χ3v) is 5.54. The van der Waals surface area contributed by atoms with Gasteiger partial charge in [-0.15, -0.1) is 0 Å². The Morgan fingerprint density at radius 3 is 2.62 bits per heavy atom. The molecule has 2 aromatic rings. The number of hydrogen-bond donors (Lipinski definition) is 1. The van der Waals surface area contributed by atoms with Crippen LogP contribution >= 0.6 is 0 Å². The molecule has 2 fully saturated rings. The normalized spacial score (nSPS) is 18.4. The Labute approximate surface area is 196 Å². The van der Waals surface area contributed by atoms with Crippen LogP contribution in [0.1, 0.15) is 43.9 Å². The van der Waals surface area contributed by atoms with E-state index in [0.29, 0.717) is 42.9 Å². The maximum absolute atomic E-state index is 14.7. The monoisotopic (exact) mass is 474 g/mol. The summed E-state index contributed by atoms with van der Waals surface area (Å²) in [4.78, 5) is 33.2. The first kappa shape index (κ1) is 23.5. The van der Waals surface area contributed by atoms with Gasteiger partial charge in [-0.05, 0) is 38.5 Å². The van der Waals surface area contributed by atoms with Crippen molar-refractivity contribution >= 4 is 12.2 Å². The summed E-state index contributed by atoms with van der Waals surface area (Å²) >= 11 is 0. The molecule has 11 heteroatoms. The number of carbonyl (C=O) groups is 2. The largest absolute Gasteiger partial charge is 0.474 e. The van der Waals surface area contributed by atoms with Crippen LogP contribution in [0.15, 0.2) is 24.5 Å². The quantitative estimate of drug-likeness (QED) is 0.671. The van der Waals surface area contributed by atoms with Gasteiger partial charge in [0.25, 0.3) is 0 Å². The number of piperidine rings is 1. The fraction of sp³-hybridized carbons (Fsp3) is 0.478. The summed E-state index contributed by atoms with van der Waals surface area (Å²) in [6.45, 7) is 6.55. The van der Waals surface area contributed by atoms with Gasteiger partial charge in [0.2, 0.25) is 11.8 Å². The van der Waals surface area contributed by atoms with Crippen molar-refractivity contribution in [3.63, 3.8) is 0 Å². The molecule has 2 amide bonds. The molecule has 1 atom stereocenters. The van der Waals surface area contributed by atoms with Crippen molar-refractivity contribution in [2.24, 2.45) is 0 Å². The Bertz CT molecular complexity index is 1060. The van der Waals surface area contributed by atoms with Gasteiger partial charge < -0.3 is 29.2 Å². The molecule has 2 aliphatic rings. The summed E-state index contributed by atoms with van der Waals surface area (Å²) < 4.78 is 36.5. The maximum Gasteiger partial charge on any atom is 0.410 e. The van der Waals surface area contributed by atoms with E-state index in [1.165, 1.54) is 18.5 Å². The van der Waals surface area contributed by atoms with E-state index < -0.39 is 18.0 Å². The van der Waals surface area contributed by atoms with Crippen molar-refractivity contribution in [2.45, 2.75) is 51.9 Å². The zero-order chi connectivity index (χ0) is 24.2. The van der Waals surface area contributed by atoms with E-state index in [1.807, 2.05) is 13.8 Å². The van der Waals surface area contributed by atoms with Crippen LogP contribution in [0.3, 0.4) is 0 Å². The Balaban J connectivity index is 1.38. The lowest BCUT2D eigenvalue weighted by atomic mass is 10.1. The molecular weight excluding hydrogens is 447 g/mol. The fourth-order valence-electron chi connectivity index (χ4n) is 3.72. The van der Waals surface area contributed by atoms with Gasteiger partial charge in [-0.2, -0.15) is 0 Å². The highest BCUT2D eigenvalue weighted by molar-refractivity contribution is 5.70. The second-order valence-electron chi connectivity index (χ2n) is 8.43. The van der Waals surface area contributed by atoms with E-state index in [1.54, 1.807) is 17.9 Å². The number of halogens is 1. The average Bonchev–Trinajstić information content (AvgIpc) is 3.24. The second-order valence-corrected chi connectivity index (χ2v) is 8.43. The number of nitrogens with zero attached hydrogens (tertiary/aromatic N) is 3. The minimum atomic E-state index is -0.597. The number of nitrogens with one attached hydrogen (secondary N) is 1. The predicted molar refractivity (Wildman–Crippen MR) is 117 cm³/mol. The van der Waals surface area contributed by atoms with Crippen molar-refractivity contribution in [3.8, 4) is 17.5 Å². The summed E-state index contributed by atoms with van der Waals surface area (Å²) in [5, 5.41) is 2.60. The first-order valence-corrected chi connectivity index (χ1v) is 11.1. The SMILES string of the molecule is Cc1c(Oc2ccc(C3COC(=O)N3)cc2F)ncnc1OC1CCN(C(=O)OC(C)C)CC1. The molecular formula is C23H27FN4O6. The van der Waals surface area contributed by atoms with Crippen molar-refractivity contribution in [1.82, 2.24) is 20.2 Å². The van der Waals surface area contributed by atoms with Crippen molar-refractivity contribution in [3.05, 3.63) is 41.5 Å². The number of likely N-dealkylation sites (tertiary alicyclic amines) is 1. The van der Waals surface area contributed by atoms with Gasteiger partial charge >= 0.3 is 12.2 Å². The van der Waals surface area contributed by atoms with Gasteiger partial charge in [-0.1, -0.05) is 6.07 Å². The first-order valence-electron chi connectivity index (χ1n) is 11.1. The third kappa shape index (κ3) is 5.46. The molecule has 1 aromatic heterocycles. The molecule has 10 nitrogen and oxygen atoms in total. The van der Waals surface area contributed by atoms with Crippen LogP contribution in [0, 0.1) is 12.7 Å². The summed E-state index contributed by atoms with van der Waals surface area (Å²) in [5.74, 6) is -0.0957. The molecule has 34 heavy (non-hydrogen) atoms. The van der Waals surface area contributed by atoms with Crippen molar-refractivity contribution in [1.29, 1.82) is 0 Å². The van der Waals surface area contributed by atoms with Crippen LogP contribution in [0.25, 0.3) is 0 Å². The van der Waals surface area contributed by atoms with Gasteiger partial charge in [-0.25, -0.2) is 23.9 Å². The van der Waals surface area contributed by atoms with Crippen molar-refractivity contribution in [2.75, 3.05) is 19.7 Å². The van der Waals surface area contributed by atoms with E-state index in [0.717, 1.165) is 0 Å². The molecule has 0 bridgehead atoms. The second kappa shape index (κ2) is 10.1. The smallest absolute Gasteiger partial charge is 0.410 e.